The van der Waals surface area contributed by atoms with Crippen LogP contribution in [0.15, 0.2) is 30.5 Å². The summed E-state index contributed by atoms with van der Waals surface area (Å²) in [5.41, 5.74) is 3.21. The number of aryl methyl sites for hydroxylation is 2. The number of rotatable bonds is 5. The van der Waals surface area contributed by atoms with Gasteiger partial charge in [0.15, 0.2) is 0 Å². The molecule has 1 amide bonds. The average Bonchev–Trinajstić information content (AvgIpc) is 3.10. The highest BCUT2D eigenvalue weighted by molar-refractivity contribution is 7.21. The second-order valence-electron chi connectivity index (χ2n) is 7.60. The quantitative estimate of drug-likeness (QED) is 0.699. The van der Waals surface area contributed by atoms with Gasteiger partial charge in [0.1, 0.15) is 9.71 Å². The maximum atomic E-state index is 13.1. The summed E-state index contributed by atoms with van der Waals surface area (Å²) >= 11 is 1.48. The molecular weight excluding hydrogens is 368 g/mol. The van der Waals surface area contributed by atoms with E-state index in [0.29, 0.717) is 6.54 Å². The molecule has 28 heavy (non-hydrogen) atoms. The second-order valence-corrected chi connectivity index (χ2v) is 8.60. The summed E-state index contributed by atoms with van der Waals surface area (Å²) in [6.07, 6.45) is 6.99. The van der Waals surface area contributed by atoms with E-state index in [1.807, 2.05) is 6.07 Å². The monoisotopic (exact) mass is 396 g/mol. The van der Waals surface area contributed by atoms with Crippen molar-refractivity contribution in [3.8, 4) is 5.69 Å². The van der Waals surface area contributed by atoms with Crippen LogP contribution in [0.25, 0.3) is 15.9 Å². The Balaban J connectivity index is 1.57. The SMILES string of the molecule is Cc1ccc(C)n1-c1c(C(=O)NCCN2CCCCCC2)sc2ncccc12. The van der Waals surface area contributed by atoms with Crippen LogP contribution >= 0.6 is 11.3 Å². The minimum absolute atomic E-state index is 0.000298. The summed E-state index contributed by atoms with van der Waals surface area (Å²) in [6.45, 7) is 8.06. The molecule has 0 aromatic carbocycles. The fourth-order valence-electron chi connectivity index (χ4n) is 4.08. The van der Waals surface area contributed by atoms with Gasteiger partial charge in [0, 0.05) is 36.1 Å². The lowest BCUT2D eigenvalue weighted by molar-refractivity contribution is 0.0952. The summed E-state index contributed by atoms with van der Waals surface area (Å²) in [6, 6.07) is 8.18. The normalized spacial score (nSPS) is 15.6. The number of likely N-dealkylation sites (tertiary alicyclic amines) is 1. The second kappa shape index (κ2) is 8.45. The summed E-state index contributed by atoms with van der Waals surface area (Å²) < 4.78 is 2.17. The number of hydrogen-bond acceptors (Lipinski definition) is 4. The van der Waals surface area contributed by atoms with Gasteiger partial charge in [0.25, 0.3) is 5.91 Å². The first-order valence-electron chi connectivity index (χ1n) is 10.2. The van der Waals surface area contributed by atoms with Gasteiger partial charge in [0.05, 0.1) is 5.69 Å². The van der Waals surface area contributed by atoms with Crippen LogP contribution < -0.4 is 5.32 Å². The van der Waals surface area contributed by atoms with Crippen molar-refractivity contribution in [2.45, 2.75) is 39.5 Å². The summed E-state index contributed by atoms with van der Waals surface area (Å²) in [5, 5.41) is 4.19. The maximum absolute atomic E-state index is 13.1. The molecule has 1 aliphatic rings. The predicted octanol–water partition coefficient (Wildman–Crippen LogP) is 4.31. The lowest BCUT2D eigenvalue weighted by atomic mass is 10.2. The molecule has 1 aliphatic heterocycles. The van der Waals surface area contributed by atoms with Gasteiger partial charge < -0.3 is 14.8 Å². The first kappa shape index (κ1) is 19.2. The molecule has 0 atom stereocenters. The molecule has 3 aromatic heterocycles. The van der Waals surface area contributed by atoms with E-state index in [1.54, 1.807) is 6.20 Å². The Labute approximate surface area is 170 Å². The van der Waals surface area contributed by atoms with Gasteiger partial charge >= 0.3 is 0 Å². The number of nitrogens with one attached hydrogen (secondary N) is 1. The molecule has 3 aromatic rings. The Hall–Kier alpha value is -2.18. The van der Waals surface area contributed by atoms with E-state index in [9.17, 15) is 4.79 Å². The molecule has 4 rings (SSSR count). The Morgan fingerprint density at radius 3 is 2.54 bits per heavy atom. The van der Waals surface area contributed by atoms with Crippen LogP contribution in [0, 0.1) is 13.8 Å². The van der Waals surface area contributed by atoms with Gasteiger partial charge in [-0.05, 0) is 64.0 Å². The molecule has 4 heterocycles. The van der Waals surface area contributed by atoms with Crippen LogP contribution in [-0.4, -0.2) is 46.5 Å². The zero-order valence-corrected chi connectivity index (χ0v) is 17.5. The number of aromatic nitrogens is 2. The highest BCUT2D eigenvalue weighted by Crippen LogP contribution is 2.34. The molecule has 0 saturated carbocycles. The van der Waals surface area contributed by atoms with Crippen molar-refractivity contribution in [1.29, 1.82) is 0 Å². The van der Waals surface area contributed by atoms with Crippen molar-refractivity contribution >= 4 is 27.5 Å². The van der Waals surface area contributed by atoms with Gasteiger partial charge in [-0.25, -0.2) is 4.98 Å². The molecule has 0 radical (unpaired) electrons. The lowest BCUT2D eigenvalue weighted by Crippen LogP contribution is -2.35. The van der Waals surface area contributed by atoms with Gasteiger partial charge in [-0.1, -0.05) is 12.8 Å². The van der Waals surface area contributed by atoms with E-state index in [0.717, 1.165) is 51.8 Å². The van der Waals surface area contributed by atoms with Crippen LogP contribution in [0.3, 0.4) is 0 Å². The molecule has 0 unspecified atom stereocenters. The number of carbonyl (C=O) groups is 1. The molecular formula is C22H28N4OS. The molecule has 0 bridgehead atoms. The number of carbonyl (C=O) groups excluding carboxylic acids is 1. The van der Waals surface area contributed by atoms with Crippen molar-refractivity contribution in [3.63, 3.8) is 0 Å². The molecule has 5 nitrogen and oxygen atoms in total. The van der Waals surface area contributed by atoms with Crippen LogP contribution in [0.5, 0.6) is 0 Å². The van der Waals surface area contributed by atoms with Gasteiger partial charge in [0.2, 0.25) is 0 Å². The van der Waals surface area contributed by atoms with Crippen molar-refractivity contribution in [3.05, 3.63) is 46.7 Å². The van der Waals surface area contributed by atoms with E-state index < -0.39 is 0 Å². The molecule has 1 N–H and O–H groups in total. The zero-order valence-electron chi connectivity index (χ0n) is 16.7. The van der Waals surface area contributed by atoms with Gasteiger partial charge in [-0.15, -0.1) is 11.3 Å². The number of fused-ring (bicyclic) bond motifs is 1. The highest BCUT2D eigenvalue weighted by Gasteiger charge is 2.22. The zero-order chi connectivity index (χ0) is 19.5. The molecule has 1 saturated heterocycles. The van der Waals surface area contributed by atoms with E-state index in [-0.39, 0.29) is 5.91 Å². The van der Waals surface area contributed by atoms with Crippen molar-refractivity contribution in [2.24, 2.45) is 0 Å². The van der Waals surface area contributed by atoms with Crippen molar-refractivity contribution < 1.29 is 4.79 Å². The third kappa shape index (κ3) is 3.84. The predicted molar refractivity (Wildman–Crippen MR) is 116 cm³/mol. The van der Waals surface area contributed by atoms with Crippen LogP contribution in [0.1, 0.15) is 46.7 Å². The van der Waals surface area contributed by atoms with Gasteiger partial charge in [-0.3, -0.25) is 4.79 Å². The van der Waals surface area contributed by atoms with Crippen LogP contribution in [-0.2, 0) is 0 Å². The Morgan fingerprint density at radius 2 is 1.82 bits per heavy atom. The van der Waals surface area contributed by atoms with Crippen molar-refractivity contribution in [1.82, 2.24) is 19.8 Å². The molecule has 148 valence electrons. The summed E-state index contributed by atoms with van der Waals surface area (Å²) in [4.78, 5) is 21.7. The summed E-state index contributed by atoms with van der Waals surface area (Å²) in [5.74, 6) is 0.000298. The largest absolute Gasteiger partial charge is 0.350 e. The van der Waals surface area contributed by atoms with E-state index >= 15 is 0 Å². The van der Waals surface area contributed by atoms with E-state index in [1.165, 1.54) is 37.0 Å². The standard InChI is InChI=1S/C22H28N4OS/c1-16-9-10-17(2)26(16)19-18-8-7-11-24-22(18)28-20(19)21(27)23-12-15-25-13-5-3-4-6-14-25/h7-11H,3-6,12-15H2,1-2H3,(H,23,27). The fourth-order valence-corrected chi connectivity index (χ4v) is 5.13. The number of pyridine rings is 1. The van der Waals surface area contributed by atoms with Crippen LogP contribution in [0.2, 0.25) is 0 Å². The minimum Gasteiger partial charge on any atom is -0.350 e. The Morgan fingerprint density at radius 1 is 1.11 bits per heavy atom. The van der Waals surface area contributed by atoms with Crippen LogP contribution in [0.4, 0.5) is 0 Å². The maximum Gasteiger partial charge on any atom is 0.263 e. The smallest absolute Gasteiger partial charge is 0.263 e. The first-order valence-corrected chi connectivity index (χ1v) is 11.0. The molecule has 0 aliphatic carbocycles. The minimum atomic E-state index is 0.000298. The van der Waals surface area contributed by atoms with Crippen molar-refractivity contribution in [2.75, 3.05) is 26.2 Å². The third-order valence-corrected chi connectivity index (χ3v) is 6.65. The topological polar surface area (TPSA) is 50.2 Å². The Bertz CT molecular complexity index is 947. The number of nitrogens with zero attached hydrogens (tertiary/aromatic N) is 3. The van der Waals surface area contributed by atoms with E-state index in [2.05, 4.69) is 51.8 Å². The number of thiophene rings is 1. The fraction of sp³-hybridized carbons (Fsp3) is 0.455. The first-order chi connectivity index (χ1) is 13.6. The Kier molecular flexibility index (Phi) is 5.78. The molecule has 0 spiro atoms. The highest BCUT2D eigenvalue weighted by atomic mass is 32.1. The average molecular weight is 397 g/mol. The van der Waals surface area contributed by atoms with E-state index in [4.69, 9.17) is 0 Å². The number of hydrogen-bond donors (Lipinski definition) is 1. The van der Waals surface area contributed by atoms with Gasteiger partial charge in [-0.2, -0.15) is 0 Å². The molecule has 1 fully saturated rings. The lowest BCUT2D eigenvalue weighted by Gasteiger charge is -2.19. The summed E-state index contributed by atoms with van der Waals surface area (Å²) in [7, 11) is 0. The molecule has 6 heteroatoms. The third-order valence-electron chi connectivity index (χ3n) is 5.55. The number of amides is 1.